The largest absolute Gasteiger partial charge is 0.338 e. The molecule has 4 rings (SSSR count). The molecule has 0 radical (unpaired) electrons. The maximum Gasteiger partial charge on any atom is 0.290 e. The number of nitro groups is 2. The van der Waals surface area contributed by atoms with Gasteiger partial charge in [-0.25, -0.2) is 4.98 Å². The lowest BCUT2D eigenvalue weighted by atomic mass is 10.2. The van der Waals surface area contributed by atoms with Crippen molar-refractivity contribution < 1.29 is 9.85 Å². The number of nitrogens with zero attached hydrogens (tertiary/aromatic N) is 3. The van der Waals surface area contributed by atoms with Crippen LogP contribution in [0.3, 0.4) is 0 Å². The Kier molecular flexibility index (Phi) is 5.19. The zero-order chi connectivity index (χ0) is 20.4. The van der Waals surface area contributed by atoms with Gasteiger partial charge in [0.15, 0.2) is 0 Å². The van der Waals surface area contributed by atoms with Crippen molar-refractivity contribution in [1.29, 1.82) is 0 Å². The van der Waals surface area contributed by atoms with E-state index < -0.39 is 9.85 Å². The van der Waals surface area contributed by atoms with Crippen LogP contribution in [-0.2, 0) is 0 Å². The van der Waals surface area contributed by atoms with E-state index in [2.05, 4.69) is 9.97 Å². The van der Waals surface area contributed by atoms with Gasteiger partial charge in [-0.15, -0.1) is 0 Å². The number of benzene rings is 3. The van der Waals surface area contributed by atoms with E-state index in [0.717, 1.165) is 27.6 Å². The van der Waals surface area contributed by atoms with E-state index in [1.165, 1.54) is 33.7 Å². The molecule has 29 heavy (non-hydrogen) atoms. The summed E-state index contributed by atoms with van der Waals surface area (Å²) >= 11 is 0. The van der Waals surface area contributed by atoms with Crippen LogP contribution in [0.5, 0.6) is 0 Å². The molecule has 144 valence electrons. The number of H-pyrrole nitrogens is 1. The van der Waals surface area contributed by atoms with Crippen LogP contribution in [0.1, 0.15) is 0 Å². The Morgan fingerprint density at radius 3 is 2.31 bits per heavy atom. The van der Waals surface area contributed by atoms with Gasteiger partial charge in [0.25, 0.3) is 11.4 Å². The zero-order valence-electron chi connectivity index (χ0n) is 14.6. The molecule has 1 N–H and O–H groups in total. The number of aromatic amines is 1. The quantitative estimate of drug-likeness (QED) is 0.235. The van der Waals surface area contributed by atoms with E-state index in [0.29, 0.717) is 10.7 Å². The van der Waals surface area contributed by atoms with Crippen LogP contribution < -0.4 is 0 Å². The fourth-order valence-electron chi connectivity index (χ4n) is 2.74. The highest BCUT2D eigenvalue weighted by Gasteiger charge is 2.21. The van der Waals surface area contributed by atoms with E-state index in [1.54, 1.807) is 0 Å². The summed E-state index contributed by atoms with van der Waals surface area (Å²) < 4.78 is 0. The molecule has 0 unspecified atom stereocenters. The van der Waals surface area contributed by atoms with E-state index in [1.807, 2.05) is 48.5 Å². The van der Waals surface area contributed by atoms with Crippen molar-refractivity contribution in [3.8, 4) is 11.4 Å². The van der Waals surface area contributed by atoms with Gasteiger partial charge in [0.2, 0.25) is 0 Å². The lowest BCUT2D eigenvalue weighted by Crippen LogP contribution is -1.94. The average Bonchev–Trinajstić information content (AvgIpc) is 3.16. The summed E-state index contributed by atoms with van der Waals surface area (Å²) in [5.41, 5.74) is 2.03. The lowest BCUT2D eigenvalue weighted by molar-refractivity contribution is -0.396. The van der Waals surface area contributed by atoms with Crippen molar-refractivity contribution in [3.05, 3.63) is 87.0 Å². The predicted octanol–water partition coefficient (Wildman–Crippen LogP) is 5.85. The Bertz CT molecular complexity index is 1210. The maximum atomic E-state index is 11.3. The summed E-state index contributed by atoms with van der Waals surface area (Å²) in [6.45, 7) is 0. The fourth-order valence-corrected chi connectivity index (χ4v) is 5.05. The van der Waals surface area contributed by atoms with Crippen molar-refractivity contribution in [2.45, 2.75) is 9.79 Å². The van der Waals surface area contributed by atoms with Gasteiger partial charge < -0.3 is 4.98 Å². The van der Waals surface area contributed by atoms with Crippen LogP contribution in [-0.4, -0.2) is 19.8 Å². The summed E-state index contributed by atoms with van der Waals surface area (Å²) in [7, 11) is 2.51. The van der Waals surface area contributed by atoms with Crippen LogP contribution in [0.25, 0.3) is 22.4 Å². The molecule has 1 heterocycles. The second kappa shape index (κ2) is 7.94. The second-order valence-corrected chi connectivity index (χ2v) is 8.14. The number of nitro benzene ring substituents is 2. The molecule has 0 aliphatic heterocycles. The van der Waals surface area contributed by atoms with Crippen molar-refractivity contribution >= 4 is 44.0 Å². The van der Waals surface area contributed by atoms with Gasteiger partial charge in [-0.1, -0.05) is 41.1 Å². The van der Waals surface area contributed by atoms with Crippen molar-refractivity contribution in [2.75, 3.05) is 0 Å². The van der Waals surface area contributed by atoms with Crippen LogP contribution in [0.15, 0.2) is 76.5 Å². The molecule has 0 atom stereocenters. The highest BCUT2D eigenvalue weighted by atomic mass is 33.1. The third-order valence-electron chi connectivity index (χ3n) is 4.10. The number of para-hydroxylation sites is 2. The molecule has 4 aromatic rings. The standard InChI is InChI=1S/C19H12N4O4S2/c24-22(25)12-9-10-18(16(11-12)23(26)27)29-28-17-8-4-1-5-13(17)19-20-14-6-2-3-7-15(14)21-19/h1-11H,(H,20,21). The molecule has 8 nitrogen and oxygen atoms in total. The average molecular weight is 424 g/mol. The summed E-state index contributed by atoms with van der Waals surface area (Å²) in [6, 6.07) is 18.9. The van der Waals surface area contributed by atoms with Gasteiger partial charge in [0, 0.05) is 16.5 Å². The maximum absolute atomic E-state index is 11.3. The van der Waals surface area contributed by atoms with Crippen LogP contribution in [0, 0.1) is 20.2 Å². The number of imidazole rings is 1. The molecule has 0 aliphatic carbocycles. The van der Waals surface area contributed by atoms with Gasteiger partial charge in [-0.2, -0.15) is 0 Å². The van der Waals surface area contributed by atoms with Gasteiger partial charge in [0.1, 0.15) is 5.82 Å². The highest BCUT2D eigenvalue weighted by Crippen LogP contribution is 2.45. The van der Waals surface area contributed by atoms with E-state index >= 15 is 0 Å². The fraction of sp³-hybridized carbons (Fsp3) is 0. The number of aromatic nitrogens is 2. The molecule has 0 saturated heterocycles. The van der Waals surface area contributed by atoms with Gasteiger partial charge in [-0.05, 0) is 35.1 Å². The number of hydrogen-bond donors (Lipinski definition) is 1. The molecule has 0 fully saturated rings. The highest BCUT2D eigenvalue weighted by molar-refractivity contribution is 8.76. The molecule has 1 aromatic heterocycles. The molecule has 0 spiro atoms. The van der Waals surface area contributed by atoms with E-state index in [9.17, 15) is 20.2 Å². The van der Waals surface area contributed by atoms with Crippen molar-refractivity contribution in [1.82, 2.24) is 9.97 Å². The Hall–Kier alpha value is -3.37. The molecule has 3 aromatic carbocycles. The normalized spacial score (nSPS) is 10.9. The summed E-state index contributed by atoms with van der Waals surface area (Å²) in [5.74, 6) is 0.702. The molecular formula is C19H12N4O4S2. The summed E-state index contributed by atoms with van der Waals surface area (Å²) in [6.07, 6.45) is 0. The molecule has 0 amide bonds. The third kappa shape index (κ3) is 3.93. The lowest BCUT2D eigenvalue weighted by Gasteiger charge is -2.07. The monoisotopic (exact) mass is 424 g/mol. The van der Waals surface area contributed by atoms with E-state index in [4.69, 9.17) is 0 Å². The molecule has 10 heteroatoms. The van der Waals surface area contributed by atoms with Crippen molar-refractivity contribution in [3.63, 3.8) is 0 Å². The Morgan fingerprint density at radius 1 is 0.828 bits per heavy atom. The Labute approximate surface area is 172 Å². The Balaban J connectivity index is 1.65. The van der Waals surface area contributed by atoms with E-state index in [-0.39, 0.29) is 11.4 Å². The first-order valence-corrected chi connectivity index (χ1v) is 10.5. The zero-order valence-corrected chi connectivity index (χ0v) is 16.3. The number of rotatable bonds is 6. The van der Waals surface area contributed by atoms with Crippen LogP contribution in [0.4, 0.5) is 11.4 Å². The minimum Gasteiger partial charge on any atom is -0.338 e. The first kappa shape index (κ1) is 19.0. The number of non-ortho nitro benzene ring substituents is 1. The van der Waals surface area contributed by atoms with Crippen LogP contribution >= 0.6 is 21.6 Å². The van der Waals surface area contributed by atoms with Crippen LogP contribution in [0.2, 0.25) is 0 Å². The first-order chi connectivity index (χ1) is 14.0. The summed E-state index contributed by atoms with van der Waals surface area (Å²) in [4.78, 5) is 30.1. The molecule has 0 bridgehead atoms. The predicted molar refractivity (Wildman–Crippen MR) is 113 cm³/mol. The molecule has 0 saturated carbocycles. The third-order valence-corrected chi connectivity index (χ3v) is 6.57. The number of nitrogens with one attached hydrogen (secondary N) is 1. The second-order valence-electron chi connectivity index (χ2n) is 5.93. The first-order valence-electron chi connectivity index (χ1n) is 8.34. The molecule has 0 aliphatic rings. The summed E-state index contributed by atoms with van der Waals surface area (Å²) in [5, 5.41) is 22.2. The SMILES string of the molecule is O=[N+]([O-])c1ccc(SSc2ccccc2-c2nc3ccccc3[nH]2)c([N+](=O)[O-])c1. The van der Waals surface area contributed by atoms with Gasteiger partial charge >= 0.3 is 0 Å². The minimum absolute atomic E-state index is 0.294. The smallest absolute Gasteiger partial charge is 0.290 e. The minimum atomic E-state index is -0.647. The van der Waals surface area contributed by atoms with Gasteiger partial charge in [0.05, 0.1) is 31.8 Å². The number of hydrogen-bond acceptors (Lipinski definition) is 7. The molecular weight excluding hydrogens is 412 g/mol. The topological polar surface area (TPSA) is 115 Å². The van der Waals surface area contributed by atoms with Crippen molar-refractivity contribution in [2.24, 2.45) is 0 Å². The van der Waals surface area contributed by atoms with Gasteiger partial charge in [-0.3, -0.25) is 20.2 Å². The number of fused-ring (bicyclic) bond motifs is 1. The Morgan fingerprint density at radius 2 is 1.55 bits per heavy atom.